The molecule has 0 bridgehead atoms. The third-order valence-electron chi connectivity index (χ3n) is 2.48. The second-order valence-corrected chi connectivity index (χ2v) is 4.32. The van der Waals surface area contributed by atoms with E-state index in [1.165, 1.54) is 11.6 Å². The number of halogens is 1. The minimum atomic E-state index is -0.366. The maximum atomic E-state index is 11.8. The topological polar surface area (TPSA) is 72.7 Å². The van der Waals surface area contributed by atoms with E-state index in [9.17, 15) is 9.59 Å². The van der Waals surface area contributed by atoms with Gasteiger partial charge in [0.05, 0.1) is 0 Å². The Balaban J connectivity index is 2.87. The summed E-state index contributed by atoms with van der Waals surface area (Å²) < 4.78 is 2.43. The van der Waals surface area contributed by atoms with Crippen molar-refractivity contribution in [1.29, 1.82) is 0 Å². The third-order valence-corrected chi connectivity index (χ3v) is 2.87. The number of hydrogen-bond donors (Lipinski definition) is 1. The summed E-state index contributed by atoms with van der Waals surface area (Å²) in [5.41, 5.74) is 0.0745. The van der Waals surface area contributed by atoms with Gasteiger partial charge in [-0.3, -0.25) is 13.9 Å². The molecule has 6 nitrogen and oxygen atoms in total. The molecule has 0 atom stereocenters. The van der Waals surface area contributed by atoms with Gasteiger partial charge in [-0.1, -0.05) is 15.9 Å². The summed E-state index contributed by atoms with van der Waals surface area (Å²) in [6.45, 7) is 0. The van der Waals surface area contributed by atoms with Gasteiger partial charge in [-0.05, 0) is 0 Å². The summed E-state index contributed by atoms with van der Waals surface area (Å²) >= 11 is 3.30. The third kappa shape index (κ3) is 1.51. The van der Waals surface area contributed by atoms with Crippen molar-refractivity contribution in [1.82, 2.24) is 19.1 Å². The van der Waals surface area contributed by atoms with Crippen LogP contribution in [-0.4, -0.2) is 24.4 Å². The minimum absolute atomic E-state index is 0.341. The minimum Gasteiger partial charge on any atom is -0.336 e. The fraction of sp³-hybridized carbons (Fsp3) is 0.444. The van der Waals surface area contributed by atoms with Crippen molar-refractivity contribution >= 4 is 27.1 Å². The van der Waals surface area contributed by atoms with Crippen LogP contribution in [0.3, 0.4) is 0 Å². The lowest BCUT2D eigenvalue weighted by atomic mass is 10.5. The summed E-state index contributed by atoms with van der Waals surface area (Å²) in [6.07, 6.45) is 0.687. The lowest BCUT2D eigenvalue weighted by Gasteiger charge is -2.00. The Morgan fingerprint density at radius 1 is 1.31 bits per heavy atom. The molecule has 0 unspecified atom stereocenters. The average Bonchev–Trinajstić information content (AvgIpc) is 2.68. The molecule has 16 heavy (non-hydrogen) atoms. The van der Waals surface area contributed by atoms with Crippen molar-refractivity contribution in [3.8, 4) is 0 Å². The lowest BCUT2D eigenvalue weighted by molar-refractivity contribution is 0.708. The predicted octanol–water partition coefficient (Wildman–Crippen LogP) is -0.102. The molecule has 0 fully saturated rings. The number of H-pyrrole nitrogens is 1. The molecule has 2 aromatic rings. The van der Waals surface area contributed by atoms with Gasteiger partial charge in [-0.25, -0.2) is 9.78 Å². The quantitative estimate of drug-likeness (QED) is 0.784. The maximum absolute atomic E-state index is 11.8. The van der Waals surface area contributed by atoms with Crippen molar-refractivity contribution < 1.29 is 0 Å². The van der Waals surface area contributed by atoms with Crippen LogP contribution in [-0.2, 0) is 20.5 Å². The molecular formula is C9H11BrN4O2. The van der Waals surface area contributed by atoms with Gasteiger partial charge in [-0.15, -0.1) is 0 Å². The van der Waals surface area contributed by atoms with Gasteiger partial charge in [0.15, 0.2) is 5.65 Å². The van der Waals surface area contributed by atoms with E-state index in [1.54, 1.807) is 7.05 Å². The molecule has 2 rings (SSSR count). The highest BCUT2D eigenvalue weighted by molar-refractivity contribution is 9.09. The molecule has 0 saturated heterocycles. The summed E-state index contributed by atoms with van der Waals surface area (Å²) in [4.78, 5) is 30.6. The second-order valence-electron chi connectivity index (χ2n) is 3.53. The molecule has 7 heteroatoms. The van der Waals surface area contributed by atoms with Crippen molar-refractivity contribution in [2.75, 3.05) is 5.33 Å². The number of nitrogens with zero attached hydrogens (tertiary/aromatic N) is 3. The zero-order chi connectivity index (χ0) is 11.9. The van der Waals surface area contributed by atoms with E-state index in [0.717, 1.165) is 9.90 Å². The molecule has 0 radical (unpaired) electrons. The molecule has 0 aliphatic heterocycles. The Morgan fingerprint density at radius 2 is 2.00 bits per heavy atom. The SMILES string of the molecule is Cn1c(=O)c2[nH]c(CCBr)nc2n(C)c1=O. The molecule has 0 amide bonds. The van der Waals surface area contributed by atoms with Crippen LogP contribution in [0.1, 0.15) is 5.82 Å². The number of hydrogen-bond acceptors (Lipinski definition) is 3. The molecule has 2 aromatic heterocycles. The molecule has 1 N–H and O–H groups in total. The fourth-order valence-corrected chi connectivity index (χ4v) is 1.96. The Morgan fingerprint density at radius 3 is 2.62 bits per heavy atom. The Kier molecular flexibility index (Phi) is 2.71. The summed E-state index contributed by atoms with van der Waals surface area (Å²) in [5, 5.41) is 0.751. The van der Waals surface area contributed by atoms with E-state index in [0.29, 0.717) is 23.4 Å². The van der Waals surface area contributed by atoms with Crippen LogP contribution in [0, 0.1) is 0 Å². The number of aromatic amines is 1. The zero-order valence-electron chi connectivity index (χ0n) is 8.95. The van der Waals surface area contributed by atoms with E-state index in [4.69, 9.17) is 0 Å². The smallest absolute Gasteiger partial charge is 0.332 e. The first-order valence-electron chi connectivity index (χ1n) is 4.77. The van der Waals surface area contributed by atoms with Crippen LogP contribution in [0.25, 0.3) is 11.2 Å². The van der Waals surface area contributed by atoms with Crippen molar-refractivity contribution in [3.63, 3.8) is 0 Å². The molecule has 0 saturated carbocycles. The molecule has 0 spiro atoms. The number of aryl methyl sites for hydroxylation is 2. The van der Waals surface area contributed by atoms with Gasteiger partial charge in [0, 0.05) is 25.8 Å². The van der Waals surface area contributed by atoms with E-state index in [1.807, 2.05) is 0 Å². The fourth-order valence-electron chi connectivity index (χ4n) is 1.58. The zero-order valence-corrected chi connectivity index (χ0v) is 10.5. The molecule has 0 aliphatic rings. The van der Waals surface area contributed by atoms with Crippen molar-refractivity contribution in [2.24, 2.45) is 14.1 Å². The van der Waals surface area contributed by atoms with Crippen LogP contribution in [0.2, 0.25) is 0 Å². The van der Waals surface area contributed by atoms with Crippen LogP contribution >= 0.6 is 15.9 Å². The number of imidazole rings is 1. The Bertz CT molecular complexity index is 652. The monoisotopic (exact) mass is 286 g/mol. The van der Waals surface area contributed by atoms with Gasteiger partial charge in [0.25, 0.3) is 5.56 Å². The first kappa shape index (κ1) is 11.1. The van der Waals surface area contributed by atoms with Gasteiger partial charge in [0.2, 0.25) is 0 Å². The first-order valence-corrected chi connectivity index (χ1v) is 5.89. The van der Waals surface area contributed by atoms with Crippen LogP contribution in [0.4, 0.5) is 0 Å². The summed E-state index contributed by atoms with van der Waals surface area (Å²) in [5.74, 6) is 0.699. The Hall–Kier alpha value is -1.37. The molecule has 86 valence electrons. The maximum Gasteiger partial charge on any atom is 0.332 e. The summed E-state index contributed by atoms with van der Waals surface area (Å²) in [6, 6.07) is 0. The number of nitrogens with one attached hydrogen (secondary N) is 1. The number of fused-ring (bicyclic) bond motifs is 1. The highest BCUT2D eigenvalue weighted by Gasteiger charge is 2.12. The van der Waals surface area contributed by atoms with E-state index >= 15 is 0 Å². The van der Waals surface area contributed by atoms with Crippen LogP contribution in [0.5, 0.6) is 0 Å². The largest absolute Gasteiger partial charge is 0.336 e. The van der Waals surface area contributed by atoms with Gasteiger partial charge >= 0.3 is 5.69 Å². The van der Waals surface area contributed by atoms with E-state index < -0.39 is 0 Å². The Labute approximate surface area is 99.1 Å². The highest BCUT2D eigenvalue weighted by atomic mass is 79.9. The standard InChI is InChI=1S/C9H11BrN4O2/c1-13-7-6(8(15)14(2)9(13)16)11-5(12-7)3-4-10/h3-4H2,1-2H3,(H,11,12). The normalized spacial score (nSPS) is 11.2. The predicted molar refractivity (Wildman–Crippen MR) is 64.1 cm³/mol. The number of rotatable bonds is 2. The van der Waals surface area contributed by atoms with Crippen molar-refractivity contribution in [3.05, 3.63) is 26.7 Å². The molecule has 0 aliphatic carbocycles. The van der Waals surface area contributed by atoms with Crippen molar-refractivity contribution in [2.45, 2.75) is 6.42 Å². The number of aromatic nitrogens is 4. The first-order chi connectivity index (χ1) is 7.56. The van der Waals surface area contributed by atoms with E-state index in [-0.39, 0.29) is 11.2 Å². The van der Waals surface area contributed by atoms with Gasteiger partial charge in [0.1, 0.15) is 11.3 Å². The molecule has 0 aromatic carbocycles. The van der Waals surface area contributed by atoms with E-state index in [2.05, 4.69) is 25.9 Å². The van der Waals surface area contributed by atoms with Gasteiger partial charge in [-0.2, -0.15) is 0 Å². The van der Waals surface area contributed by atoms with Crippen LogP contribution in [0.15, 0.2) is 9.59 Å². The van der Waals surface area contributed by atoms with Crippen LogP contribution < -0.4 is 11.2 Å². The second kappa shape index (κ2) is 3.89. The highest BCUT2D eigenvalue weighted by Crippen LogP contribution is 2.05. The lowest BCUT2D eigenvalue weighted by Crippen LogP contribution is -2.36. The van der Waals surface area contributed by atoms with Gasteiger partial charge < -0.3 is 4.98 Å². The molecule has 2 heterocycles. The average molecular weight is 287 g/mol. The number of alkyl halides is 1. The molecular weight excluding hydrogens is 276 g/mol. The summed E-state index contributed by atoms with van der Waals surface area (Å²) in [7, 11) is 3.05.